The number of carbonyl (C=O) groups excluding carboxylic acids is 1. The van der Waals surface area contributed by atoms with Gasteiger partial charge in [0.15, 0.2) is 0 Å². The minimum absolute atomic E-state index is 0.0522. The van der Waals surface area contributed by atoms with E-state index in [0.29, 0.717) is 0 Å². The van der Waals surface area contributed by atoms with Gasteiger partial charge in [0.2, 0.25) is 5.91 Å². The van der Waals surface area contributed by atoms with Gasteiger partial charge in [0.25, 0.3) is 0 Å². The molecule has 1 amide bonds. The van der Waals surface area contributed by atoms with Crippen LogP contribution in [0.2, 0.25) is 0 Å². The lowest BCUT2D eigenvalue weighted by molar-refractivity contribution is -0.119. The zero-order valence-corrected chi connectivity index (χ0v) is 6.68. The SMILES string of the molecule is [B]C(CCCC)NC(C)=O. The maximum Gasteiger partial charge on any atom is 0.216 e. The number of nitrogens with one attached hydrogen (secondary N) is 1. The Morgan fingerprint density at radius 3 is 2.70 bits per heavy atom. The summed E-state index contributed by atoms with van der Waals surface area (Å²) in [6, 6.07) is 0. The first-order chi connectivity index (χ1) is 4.66. The van der Waals surface area contributed by atoms with Gasteiger partial charge in [-0.3, -0.25) is 4.79 Å². The van der Waals surface area contributed by atoms with Gasteiger partial charge in [-0.05, 0) is 12.4 Å². The predicted molar refractivity (Wildman–Crippen MR) is 42.9 cm³/mol. The number of amides is 1. The maximum atomic E-state index is 10.4. The van der Waals surface area contributed by atoms with Crippen LogP contribution in [0.1, 0.15) is 33.1 Å². The molecule has 0 saturated carbocycles. The lowest BCUT2D eigenvalue weighted by Crippen LogP contribution is -2.33. The zero-order chi connectivity index (χ0) is 7.98. The van der Waals surface area contributed by atoms with Gasteiger partial charge in [-0.15, -0.1) is 0 Å². The van der Waals surface area contributed by atoms with Gasteiger partial charge in [-0.1, -0.05) is 19.8 Å². The molecule has 0 spiro atoms. The fourth-order valence-corrected chi connectivity index (χ4v) is 0.757. The monoisotopic (exact) mass is 139 g/mol. The Labute approximate surface area is 63.8 Å². The molecule has 1 N–H and O–H groups in total. The number of carbonyl (C=O) groups is 1. The summed E-state index contributed by atoms with van der Waals surface area (Å²) in [7, 11) is 5.53. The summed E-state index contributed by atoms with van der Waals surface area (Å²) in [6.45, 7) is 3.58. The molecule has 0 aliphatic heterocycles. The highest BCUT2D eigenvalue weighted by Gasteiger charge is 2.00. The zero-order valence-electron chi connectivity index (χ0n) is 6.68. The van der Waals surface area contributed by atoms with E-state index in [2.05, 4.69) is 12.2 Å². The average molecular weight is 139 g/mol. The summed E-state index contributed by atoms with van der Waals surface area (Å²) in [5, 5.41) is 2.62. The first kappa shape index (κ1) is 9.53. The Morgan fingerprint density at radius 2 is 2.30 bits per heavy atom. The van der Waals surface area contributed by atoms with Crippen LogP contribution in [0.4, 0.5) is 0 Å². The van der Waals surface area contributed by atoms with E-state index in [1.807, 2.05) is 0 Å². The number of hydrogen-bond donors (Lipinski definition) is 1. The predicted octanol–water partition coefficient (Wildman–Crippen LogP) is 0.807. The first-order valence-corrected chi connectivity index (χ1v) is 3.69. The Bertz CT molecular complexity index is 106. The molecule has 2 nitrogen and oxygen atoms in total. The second-order valence-corrected chi connectivity index (χ2v) is 2.45. The van der Waals surface area contributed by atoms with Gasteiger partial charge in [0.05, 0.1) is 7.85 Å². The summed E-state index contributed by atoms with van der Waals surface area (Å²) in [5.41, 5.74) is 0. The smallest absolute Gasteiger partial charge is 0.216 e. The maximum absolute atomic E-state index is 10.4. The summed E-state index contributed by atoms with van der Waals surface area (Å²) in [4.78, 5) is 10.4. The molecule has 0 fully saturated rings. The van der Waals surface area contributed by atoms with E-state index < -0.39 is 0 Å². The highest BCUT2D eigenvalue weighted by molar-refractivity contribution is 6.12. The van der Waals surface area contributed by atoms with Gasteiger partial charge < -0.3 is 5.32 Å². The molecule has 1 atom stereocenters. The van der Waals surface area contributed by atoms with Crippen LogP contribution >= 0.6 is 0 Å². The molecule has 0 heterocycles. The summed E-state index contributed by atoms with van der Waals surface area (Å²) in [5.74, 6) is -0.207. The van der Waals surface area contributed by atoms with E-state index in [9.17, 15) is 4.79 Å². The van der Waals surface area contributed by atoms with Crippen LogP contribution in [0.3, 0.4) is 0 Å². The van der Waals surface area contributed by atoms with E-state index in [4.69, 9.17) is 7.85 Å². The van der Waals surface area contributed by atoms with Crippen molar-refractivity contribution in [3.63, 3.8) is 0 Å². The Hall–Kier alpha value is -0.465. The average Bonchev–Trinajstić information content (AvgIpc) is 1.82. The first-order valence-electron chi connectivity index (χ1n) is 3.69. The summed E-state index contributed by atoms with van der Waals surface area (Å²) >= 11 is 0. The normalized spacial score (nSPS) is 12.6. The van der Waals surface area contributed by atoms with Crippen LogP contribution in [-0.2, 0) is 4.79 Å². The topological polar surface area (TPSA) is 29.1 Å². The van der Waals surface area contributed by atoms with Crippen molar-refractivity contribution in [3.8, 4) is 0 Å². The molecule has 0 bridgehead atoms. The highest BCUT2D eigenvalue weighted by Crippen LogP contribution is 1.96. The van der Waals surface area contributed by atoms with Crippen LogP contribution in [0.25, 0.3) is 0 Å². The standard InChI is InChI=1S/C7H14BNO/c1-3-4-5-7(8)9-6(2)10/h7H,3-5H2,1-2H3,(H,9,10). The van der Waals surface area contributed by atoms with Crippen LogP contribution in [-0.4, -0.2) is 19.7 Å². The fourth-order valence-electron chi connectivity index (χ4n) is 0.757. The molecule has 0 aromatic heterocycles. The van der Waals surface area contributed by atoms with E-state index in [1.54, 1.807) is 0 Å². The molecule has 0 rings (SSSR count). The molecule has 1 unspecified atom stereocenters. The third kappa shape index (κ3) is 5.67. The molecule has 0 aliphatic carbocycles. The van der Waals surface area contributed by atoms with Crippen LogP contribution in [0, 0.1) is 0 Å². The Morgan fingerprint density at radius 1 is 1.70 bits per heavy atom. The minimum Gasteiger partial charge on any atom is -0.362 e. The van der Waals surface area contributed by atoms with Crippen molar-refractivity contribution in [2.24, 2.45) is 0 Å². The van der Waals surface area contributed by atoms with Crippen molar-refractivity contribution in [2.45, 2.75) is 39.1 Å². The number of rotatable bonds is 4. The second kappa shape index (κ2) is 5.33. The van der Waals surface area contributed by atoms with E-state index >= 15 is 0 Å². The third-order valence-corrected chi connectivity index (χ3v) is 1.26. The van der Waals surface area contributed by atoms with Crippen LogP contribution in [0.15, 0.2) is 0 Å². The van der Waals surface area contributed by atoms with Crippen molar-refractivity contribution >= 4 is 13.8 Å². The Kier molecular flexibility index (Phi) is 5.08. The van der Waals surface area contributed by atoms with E-state index in [-0.39, 0.29) is 11.8 Å². The molecule has 10 heavy (non-hydrogen) atoms. The van der Waals surface area contributed by atoms with Crippen LogP contribution in [0.5, 0.6) is 0 Å². The number of hydrogen-bond acceptors (Lipinski definition) is 1. The molecule has 0 saturated heterocycles. The largest absolute Gasteiger partial charge is 0.362 e. The lowest BCUT2D eigenvalue weighted by atomic mass is 9.91. The van der Waals surface area contributed by atoms with Gasteiger partial charge in [-0.25, -0.2) is 0 Å². The van der Waals surface area contributed by atoms with Crippen molar-refractivity contribution in [3.05, 3.63) is 0 Å². The van der Waals surface area contributed by atoms with Crippen LogP contribution < -0.4 is 5.32 Å². The third-order valence-electron chi connectivity index (χ3n) is 1.26. The molecule has 0 aliphatic rings. The number of unbranched alkanes of at least 4 members (excludes halogenated alkanes) is 1. The molecule has 0 aromatic carbocycles. The van der Waals surface area contributed by atoms with Crippen molar-refractivity contribution in [2.75, 3.05) is 0 Å². The Balaban J connectivity index is 3.25. The highest BCUT2D eigenvalue weighted by atomic mass is 16.1. The van der Waals surface area contributed by atoms with Crippen molar-refractivity contribution in [1.82, 2.24) is 5.32 Å². The van der Waals surface area contributed by atoms with Gasteiger partial charge in [0.1, 0.15) is 0 Å². The summed E-state index contributed by atoms with van der Waals surface area (Å²) < 4.78 is 0. The minimum atomic E-state index is -0.155. The van der Waals surface area contributed by atoms with E-state index in [0.717, 1.165) is 19.3 Å². The molecule has 56 valence electrons. The molecular formula is C7H14BNO. The second-order valence-electron chi connectivity index (χ2n) is 2.45. The van der Waals surface area contributed by atoms with Gasteiger partial charge in [0, 0.05) is 6.92 Å². The summed E-state index contributed by atoms with van der Waals surface area (Å²) in [6.07, 6.45) is 3.06. The van der Waals surface area contributed by atoms with Crippen molar-refractivity contribution in [1.29, 1.82) is 0 Å². The van der Waals surface area contributed by atoms with Gasteiger partial charge in [-0.2, -0.15) is 0 Å². The molecule has 3 heteroatoms. The van der Waals surface area contributed by atoms with Gasteiger partial charge >= 0.3 is 0 Å². The molecule has 0 aromatic rings. The quantitative estimate of drug-likeness (QED) is 0.573. The van der Waals surface area contributed by atoms with Crippen molar-refractivity contribution < 1.29 is 4.79 Å². The van der Waals surface area contributed by atoms with E-state index in [1.165, 1.54) is 6.92 Å². The lowest BCUT2D eigenvalue weighted by Gasteiger charge is -2.10. The fraction of sp³-hybridized carbons (Fsp3) is 0.857. The molecule has 2 radical (unpaired) electrons. The molecular weight excluding hydrogens is 125 g/mol.